The van der Waals surface area contributed by atoms with Crippen LogP contribution in [0.5, 0.6) is 0 Å². The Morgan fingerprint density at radius 1 is 0.966 bits per heavy atom. The van der Waals surface area contributed by atoms with Gasteiger partial charge in [0, 0.05) is 18.7 Å². The van der Waals surface area contributed by atoms with Gasteiger partial charge in [-0.15, -0.1) is 12.4 Å². The van der Waals surface area contributed by atoms with E-state index in [1.54, 1.807) is 0 Å². The van der Waals surface area contributed by atoms with Crippen LogP contribution in [0.25, 0.3) is 11.1 Å². The third kappa shape index (κ3) is 4.63. The molecule has 0 atom stereocenters. The number of nitriles is 1. The molecular formula is C24H28ClN3O. The molecule has 0 saturated carbocycles. The molecule has 2 heterocycles. The SMILES string of the molecule is Cl.N#Cc1ccccc1-c1ccc(C(=O)N2CCCC3(CCNCC3)CC2)cc1. The first-order valence-corrected chi connectivity index (χ1v) is 10.3. The molecule has 29 heavy (non-hydrogen) atoms. The Labute approximate surface area is 179 Å². The minimum Gasteiger partial charge on any atom is -0.339 e. The summed E-state index contributed by atoms with van der Waals surface area (Å²) >= 11 is 0. The van der Waals surface area contributed by atoms with Crippen LogP contribution in [0.15, 0.2) is 48.5 Å². The van der Waals surface area contributed by atoms with Crippen molar-refractivity contribution < 1.29 is 4.79 Å². The fourth-order valence-corrected chi connectivity index (χ4v) is 4.72. The Kier molecular flexibility index (Phi) is 6.95. The van der Waals surface area contributed by atoms with E-state index in [9.17, 15) is 10.1 Å². The van der Waals surface area contributed by atoms with Crippen molar-refractivity contribution in [3.8, 4) is 17.2 Å². The fraction of sp³-hybridized carbons (Fsp3) is 0.417. The largest absolute Gasteiger partial charge is 0.339 e. The van der Waals surface area contributed by atoms with Gasteiger partial charge in [-0.25, -0.2) is 0 Å². The van der Waals surface area contributed by atoms with Gasteiger partial charge < -0.3 is 10.2 Å². The molecule has 0 radical (unpaired) electrons. The Hall–Kier alpha value is -2.35. The number of halogens is 1. The molecule has 2 aliphatic rings. The van der Waals surface area contributed by atoms with E-state index in [2.05, 4.69) is 11.4 Å². The van der Waals surface area contributed by atoms with E-state index in [-0.39, 0.29) is 18.3 Å². The fourth-order valence-electron chi connectivity index (χ4n) is 4.72. The minimum atomic E-state index is 0. The number of hydrogen-bond donors (Lipinski definition) is 1. The topological polar surface area (TPSA) is 56.1 Å². The Morgan fingerprint density at radius 3 is 2.41 bits per heavy atom. The lowest BCUT2D eigenvalue weighted by atomic mass is 9.73. The molecule has 0 unspecified atom stereocenters. The predicted molar refractivity (Wildman–Crippen MR) is 118 cm³/mol. The smallest absolute Gasteiger partial charge is 0.253 e. The number of likely N-dealkylation sites (tertiary alicyclic amines) is 1. The molecule has 1 spiro atoms. The maximum absolute atomic E-state index is 13.1. The van der Waals surface area contributed by atoms with Gasteiger partial charge in [-0.3, -0.25) is 4.79 Å². The quantitative estimate of drug-likeness (QED) is 0.785. The van der Waals surface area contributed by atoms with Crippen molar-refractivity contribution in [3.05, 3.63) is 59.7 Å². The molecule has 2 saturated heterocycles. The molecule has 4 nitrogen and oxygen atoms in total. The third-order valence-corrected chi connectivity index (χ3v) is 6.49. The number of piperidine rings is 1. The van der Waals surface area contributed by atoms with Crippen molar-refractivity contribution in [1.82, 2.24) is 10.2 Å². The lowest BCUT2D eigenvalue weighted by Gasteiger charge is -2.37. The van der Waals surface area contributed by atoms with E-state index < -0.39 is 0 Å². The highest BCUT2D eigenvalue weighted by atomic mass is 35.5. The van der Waals surface area contributed by atoms with Gasteiger partial charge >= 0.3 is 0 Å². The maximum Gasteiger partial charge on any atom is 0.253 e. The molecule has 152 valence electrons. The van der Waals surface area contributed by atoms with Crippen molar-refractivity contribution in [2.24, 2.45) is 5.41 Å². The van der Waals surface area contributed by atoms with Crippen LogP contribution in [0.4, 0.5) is 0 Å². The minimum absolute atomic E-state index is 0. The van der Waals surface area contributed by atoms with Crippen molar-refractivity contribution in [1.29, 1.82) is 5.26 Å². The second-order valence-electron chi connectivity index (χ2n) is 8.13. The van der Waals surface area contributed by atoms with Crippen LogP contribution < -0.4 is 5.32 Å². The highest BCUT2D eigenvalue weighted by Gasteiger charge is 2.34. The van der Waals surface area contributed by atoms with E-state index in [4.69, 9.17) is 0 Å². The Bertz CT molecular complexity index is 882. The van der Waals surface area contributed by atoms with Gasteiger partial charge in [0.25, 0.3) is 5.91 Å². The van der Waals surface area contributed by atoms with E-state index in [1.807, 2.05) is 53.4 Å². The molecule has 1 N–H and O–H groups in total. The molecule has 0 aliphatic carbocycles. The highest BCUT2D eigenvalue weighted by Crippen LogP contribution is 2.39. The molecule has 2 aliphatic heterocycles. The Morgan fingerprint density at radius 2 is 1.69 bits per heavy atom. The van der Waals surface area contributed by atoms with E-state index in [1.165, 1.54) is 19.3 Å². The van der Waals surface area contributed by atoms with Gasteiger partial charge in [0.05, 0.1) is 11.6 Å². The lowest BCUT2D eigenvalue weighted by molar-refractivity contribution is 0.0750. The van der Waals surface area contributed by atoms with Crippen LogP contribution in [-0.4, -0.2) is 37.0 Å². The number of carbonyl (C=O) groups is 1. The summed E-state index contributed by atoms with van der Waals surface area (Å²) in [4.78, 5) is 15.1. The van der Waals surface area contributed by atoms with Gasteiger partial charge in [-0.05, 0) is 79.9 Å². The highest BCUT2D eigenvalue weighted by molar-refractivity contribution is 5.94. The van der Waals surface area contributed by atoms with Crippen molar-refractivity contribution >= 4 is 18.3 Å². The number of hydrogen-bond acceptors (Lipinski definition) is 3. The van der Waals surface area contributed by atoms with Gasteiger partial charge in [-0.1, -0.05) is 30.3 Å². The molecule has 0 aromatic heterocycles. The zero-order chi connectivity index (χ0) is 19.4. The predicted octanol–water partition coefficient (Wildman–Crippen LogP) is 4.64. The van der Waals surface area contributed by atoms with Crippen LogP contribution in [-0.2, 0) is 0 Å². The van der Waals surface area contributed by atoms with Crippen LogP contribution in [0.2, 0.25) is 0 Å². The van der Waals surface area contributed by atoms with Crippen LogP contribution in [0, 0.1) is 16.7 Å². The molecule has 2 aromatic carbocycles. The average molecular weight is 410 g/mol. The molecule has 5 heteroatoms. The molecule has 1 amide bonds. The molecule has 0 bridgehead atoms. The van der Waals surface area contributed by atoms with Crippen LogP contribution >= 0.6 is 12.4 Å². The standard InChI is InChI=1S/C24H27N3O.ClH/c25-18-21-4-1-2-5-22(21)19-6-8-20(9-7-19)23(28)27-16-3-10-24(13-17-27)11-14-26-15-12-24;/h1-2,4-9,26H,3,10-17H2;1H. The number of nitrogens with zero attached hydrogens (tertiary/aromatic N) is 2. The number of amides is 1. The molecule has 2 fully saturated rings. The van der Waals surface area contributed by atoms with E-state index >= 15 is 0 Å². The van der Waals surface area contributed by atoms with Gasteiger partial charge in [0.2, 0.25) is 0 Å². The molecular weight excluding hydrogens is 382 g/mol. The summed E-state index contributed by atoms with van der Waals surface area (Å²) in [6.45, 7) is 3.93. The summed E-state index contributed by atoms with van der Waals surface area (Å²) in [6, 6.07) is 17.5. The van der Waals surface area contributed by atoms with Crippen molar-refractivity contribution in [3.63, 3.8) is 0 Å². The maximum atomic E-state index is 13.1. The normalized spacial score (nSPS) is 18.4. The zero-order valence-corrected chi connectivity index (χ0v) is 17.5. The van der Waals surface area contributed by atoms with Gasteiger partial charge in [0.15, 0.2) is 0 Å². The number of rotatable bonds is 2. The summed E-state index contributed by atoms with van der Waals surface area (Å²) < 4.78 is 0. The summed E-state index contributed by atoms with van der Waals surface area (Å²) in [5.74, 6) is 0.131. The molecule has 4 rings (SSSR count). The summed E-state index contributed by atoms with van der Waals surface area (Å²) in [7, 11) is 0. The summed E-state index contributed by atoms with van der Waals surface area (Å²) in [5.41, 5.74) is 3.70. The lowest BCUT2D eigenvalue weighted by Crippen LogP contribution is -2.38. The van der Waals surface area contributed by atoms with Crippen LogP contribution in [0.1, 0.15) is 48.0 Å². The zero-order valence-electron chi connectivity index (χ0n) is 16.7. The monoisotopic (exact) mass is 409 g/mol. The number of benzene rings is 2. The van der Waals surface area contributed by atoms with Gasteiger partial charge in [0.1, 0.15) is 0 Å². The second kappa shape index (κ2) is 9.43. The number of carbonyl (C=O) groups excluding carboxylic acids is 1. The second-order valence-corrected chi connectivity index (χ2v) is 8.13. The average Bonchev–Trinajstić information content (AvgIpc) is 2.96. The van der Waals surface area contributed by atoms with Crippen LogP contribution in [0.3, 0.4) is 0 Å². The van der Waals surface area contributed by atoms with Crippen molar-refractivity contribution in [2.75, 3.05) is 26.2 Å². The first-order valence-electron chi connectivity index (χ1n) is 10.3. The third-order valence-electron chi connectivity index (χ3n) is 6.49. The summed E-state index contributed by atoms with van der Waals surface area (Å²) in [6.07, 6.45) is 5.93. The Balaban J connectivity index is 0.00000240. The van der Waals surface area contributed by atoms with Gasteiger partial charge in [-0.2, -0.15) is 5.26 Å². The number of nitrogens with one attached hydrogen (secondary N) is 1. The van der Waals surface area contributed by atoms with Crippen molar-refractivity contribution in [2.45, 2.75) is 32.1 Å². The first kappa shape index (κ1) is 21.4. The van der Waals surface area contributed by atoms with E-state index in [0.717, 1.165) is 55.7 Å². The first-order chi connectivity index (χ1) is 13.7. The molecule has 2 aromatic rings. The van der Waals surface area contributed by atoms with E-state index in [0.29, 0.717) is 11.0 Å². The summed E-state index contributed by atoms with van der Waals surface area (Å²) in [5, 5.41) is 12.8.